The van der Waals surface area contributed by atoms with E-state index in [1.54, 1.807) is 55.4 Å². The number of carboxylic acid groups (broad SMARTS) is 2. The first-order valence-corrected chi connectivity index (χ1v) is 15.9. The van der Waals surface area contributed by atoms with E-state index >= 15 is 0 Å². The van der Waals surface area contributed by atoms with E-state index < -0.39 is 83.3 Å². The Labute approximate surface area is 219 Å². The van der Waals surface area contributed by atoms with E-state index in [1.165, 1.54) is 0 Å². The molecule has 210 valence electrons. The molecule has 12 nitrogen and oxygen atoms in total. The number of amides is 1. The Kier molecular flexibility index (Phi) is 12.0. The molecule has 1 amide bonds. The van der Waals surface area contributed by atoms with Crippen molar-refractivity contribution in [3.05, 3.63) is 34.9 Å². The van der Waals surface area contributed by atoms with Gasteiger partial charge in [-0.2, -0.15) is 0 Å². The van der Waals surface area contributed by atoms with Crippen molar-refractivity contribution in [2.24, 2.45) is 0 Å². The largest absolute Gasteiger partial charge is 0.519 e. The Morgan fingerprint density at radius 3 is 1.35 bits per heavy atom. The van der Waals surface area contributed by atoms with Gasteiger partial charge in [0.25, 0.3) is 5.91 Å². The third-order valence-corrected chi connectivity index (χ3v) is 9.40. The normalized spacial score (nSPS) is 12.6. The molecule has 0 heterocycles. The van der Waals surface area contributed by atoms with Gasteiger partial charge in [0.15, 0.2) is 0 Å². The molecule has 1 aromatic carbocycles. The lowest BCUT2D eigenvalue weighted by Crippen LogP contribution is -2.62. The van der Waals surface area contributed by atoms with Gasteiger partial charge in [-0.15, -0.1) is 0 Å². The molecule has 14 heteroatoms. The molecule has 0 aliphatic rings. The first-order valence-electron chi connectivity index (χ1n) is 11.9. The molecule has 0 radical (unpaired) electrons. The maximum absolute atomic E-state index is 13.7. The van der Waals surface area contributed by atoms with Crippen molar-refractivity contribution in [3.63, 3.8) is 0 Å². The number of carboxylic acids is 2. The highest BCUT2D eigenvalue weighted by Crippen LogP contribution is 2.21. The predicted octanol–water partition coefficient (Wildman–Crippen LogP) is 2.17. The molecule has 0 atom stereocenters. The number of aromatic carboxylic acids is 2. The Bertz CT molecular complexity index is 901. The third-order valence-electron chi connectivity index (χ3n) is 4.48. The van der Waals surface area contributed by atoms with E-state index in [-0.39, 0.29) is 5.56 Å². The highest BCUT2D eigenvalue weighted by molar-refractivity contribution is 6.61. The second-order valence-corrected chi connectivity index (χ2v) is 14.0. The monoisotopic (exact) mass is 561 g/mol. The second kappa shape index (κ2) is 13.6. The molecule has 0 aromatic heterocycles. The molecule has 0 bridgehead atoms. The predicted molar refractivity (Wildman–Crippen MR) is 137 cm³/mol. The van der Waals surface area contributed by atoms with Gasteiger partial charge < -0.3 is 42.4 Å². The standard InChI is InChI=1S/C23H39NO11Si2/c1-14(2)32-36(30,33-15(3)4)12-24(13-37(31,34-16(5)6)35-17(7)8)21(25)18-9-10-19(22(26)27)20(11-18)23(28)29/h9-11,14-17,30-31H,12-13H2,1-8H3,(H,26,27)(H,28,29). The van der Waals surface area contributed by atoms with Gasteiger partial charge in [0.05, 0.1) is 23.5 Å². The molecule has 0 aliphatic heterocycles. The molecule has 0 unspecified atom stereocenters. The van der Waals surface area contributed by atoms with Crippen LogP contribution in [0.15, 0.2) is 18.2 Å². The minimum absolute atomic E-state index is 0.182. The van der Waals surface area contributed by atoms with Crippen LogP contribution in [0.4, 0.5) is 0 Å². The van der Waals surface area contributed by atoms with Crippen LogP contribution in [-0.4, -0.2) is 96.9 Å². The fourth-order valence-corrected chi connectivity index (χ4v) is 8.64. The number of carbonyl (C=O) groups is 3. The zero-order valence-corrected chi connectivity index (χ0v) is 24.5. The maximum Gasteiger partial charge on any atom is 0.519 e. The summed E-state index contributed by atoms with van der Waals surface area (Å²) in [5.74, 6) is -3.81. The molecule has 0 fully saturated rings. The van der Waals surface area contributed by atoms with E-state index in [0.29, 0.717) is 0 Å². The number of hydrogen-bond donors (Lipinski definition) is 4. The van der Waals surface area contributed by atoms with Gasteiger partial charge >= 0.3 is 29.5 Å². The summed E-state index contributed by atoms with van der Waals surface area (Å²) in [6.45, 7) is 13.5. The van der Waals surface area contributed by atoms with Gasteiger partial charge in [0, 0.05) is 30.0 Å². The zero-order valence-electron chi connectivity index (χ0n) is 22.5. The Morgan fingerprint density at radius 1 is 0.703 bits per heavy atom. The summed E-state index contributed by atoms with van der Waals surface area (Å²) in [6, 6.07) is 3.10. The minimum Gasteiger partial charge on any atom is -0.478 e. The van der Waals surface area contributed by atoms with Crippen LogP contribution in [0, 0.1) is 0 Å². The number of carbonyl (C=O) groups excluding carboxylic acids is 1. The molecular weight excluding hydrogens is 522 g/mol. The topological polar surface area (TPSA) is 172 Å². The van der Waals surface area contributed by atoms with Crippen LogP contribution in [-0.2, 0) is 17.7 Å². The van der Waals surface area contributed by atoms with Gasteiger partial charge in [-0.3, -0.25) is 4.79 Å². The first-order chi connectivity index (χ1) is 16.9. The smallest absolute Gasteiger partial charge is 0.478 e. The van der Waals surface area contributed by atoms with Crippen molar-refractivity contribution in [1.82, 2.24) is 4.90 Å². The molecule has 37 heavy (non-hydrogen) atoms. The summed E-state index contributed by atoms with van der Waals surface area (Å²) in [5, 5.41) is 18.8. The van der Waals surface area contributed by atoms with Crippen LogP contribution in [0.3, 0.4) is 0 Å². The lowest BCUT2D eigenvalue weighted by atomic mass is 10.0. The van der Waals surface area contributed by atoms with Crippen molar-refractivity contribution in [2.75, 3.05) is 12.3 Å². The van der Waals surface area contributed by atoms with Crippen LogP contribution in [0.1, 0.15) is 86.5 Å². The van der Waals surface area contributed by atoms with Crippen LogP contribution >= 0.6 is 0 Å². The first kappa shape index (κ1) is 32.9. The maximum atomic E-state index is 13.7. The SMILES string of the molecule is CC(C)O[Si](O)(CN(C[Si](O)(OC(C)C)OC(C)C)C(=O)c1ccc(C(=O)O)c(C(=O)O)c1)OC(C)C. The number of nitrogens with zero attached hydrogens (tertiary/aromatic N) is 1. The third kappa shape index (κ3) is 10.6. The summed E-state index contributed by atoms with van der Waals surface area (Å²) >= 11 is 0. The average Bonchev–Trinajstić information content (AvgIpc) is 2.69. The Balaban J connectivity index is 3.63. The molecule has 0 saturated heterocycles. The number of hydrogen-bond acceptors (Lipinski definition) is 9. The second-order valence-electron chi connectivity index (χ2n) is 9.62. The van der Waals surface area contributed by atoms with E-state index in [1.807, 2.05) is 0 Å². The molecule has 0 spiro atoms. The van der Waals surface area contributed by atoms with Crippen LogP contribution < -0.4 is 0 Å². The van der Waals surface area contributed by atoms with Crippen LogP contribution in [0.5, 0.6) is 0 Å². The summed E-state index contributed by atoms with van der Waals surface area (Å²) < 4.78 is 22.9. The summed E-state index contributed by atoms with van der Waals surface area (Å²) in [4.78, 5) is 60.5. The van der Waals surface area contributed by atoms with Gasteiger partial charge in [0.1, 0.15) is 0 Å². The number of rotatable bonds is 15. The molecule has 0 saturated carbocycles. The van der Waals surface area contributed by atoms with Crippen molar-refractivity contribution in [3.8, 4) is 0 Å². The van der Waals surface area contributed by atoms with Crippen molar-refractivity contribution >= 4 is 35.5 Å². The van der Waals surface area contributed by atoms with E-state index in [9.17, 15) is 34.2 Å². The lowest BCUT2D eigenvalue weighted by Gasteiger charge is -2.37. The highest BCUT2D eigenvalue weighted by Gasteiger charge is 2.48. The Hall–Kier alpha value is -2.18. The number of benzene rings is 1. The summed E-state index contributed by atoms with van der Waals surface area (Å²) in [6.07, 6.45) is -2.79. The molecule has 4 N–H and O–H groups in total. The van der Waals surface area contributed by atoms with Gasteiger partial charge in [-0.1, -0.05) is 0 Å². The van der Waals surface area contributed by atoms with Gasteiger partial charge in [0.2, 0.25) is 0 Å². The van der Waals surface area contributed by atoms with Crippen LogP contribution in [0.2, 0.25) is 0 Å². The molecule has 1 aromatic rings. The van der Waals surface area contributed by atoms with Crippen LogP contribution in [0.25, 0.3) is 0 Å². The Morgan fingerprint density at radius 2 is 1.05 bits per heavy atom. The zero-order chi connectivity index (χ0) is 28.7. The fourth-order valence-electron chi connectivity index (χ4n) is 3.58. The highest BCUT2D eigenvalue weighted by atomic mass is 28.4. The van der Waals surface area contributed by atoms with E-state index in [4.69, 9.17) is 17.7 Å². The van der Waals surface area contributed by atoms with E-state index in [0.717, 1.165) is 23.1 Å². The minimum atomic E-state index is -4.08. The van der Waals surface area contributed by atoms with Gasteiger partial charge in [-0.05, 0) is 73.6 Å². The molecule has 0 aliphatic carbocycles. The van der Waals surface area contributed by atoms with Crippen molar-refractivity contribution in [2.45, 2.75) is 79.8 Å². The summed E-state index contributed by atoms with van der Waals surface area (Å²) in [5.41, 5.74) is -1.27. The summed E-state index contributed by atoms with van der Waals surface area (Å²) in [7, 11) is -8.17. The molecule has 1 rings (SSSR count). The van der Waals surface area contributed by atoms with Gasteiger partial charge in [-0.25, -0.2) is 9.59 Å². The van der Waals surface area contributed by atoms with E-state index in [2.05, 4.69) is 0 Å². The quantitative estimate of drug-likeness (QED) is 0.231. The lowest BCUT2D eigenvalue weighted by molar-refractivity contribution is 0.0215. The van der Waals surface area contributed by atoms with Crippen molar-refractivity contribution in [1.29, 1.82) is 0 Å². The van der Waals surface area contributed by atoms with Crippen molar-refractivity contribution < 1.29 is 51.9 Å². The molecular formula is C23H39NO11Si2. The fraction of sp³-hybridized carbons (Fsp3) is 0.609. The average molecular weight is 562 g/mol.